The van der Waals surface area contributed by atoms with E-state index in [4.69, 9.17) is 16.3 Å². The molecule has 2 aromatic rings. The molecule has 3 rings (SSSR count). The Kier molecular flexibility index (Phi) is 3.30. The van der Waals surface area contributed by atoms with Crippen LogP contribution in [0.1, 0.15) is 0 Å². The van der Waals surface area contributed by atoms with E-state index in [0.717, 1.165) is 23.3 Å². The molecule has 94 valence electrons. The van der Waals surface area contributed by atoms with Crippen molar-refractivity contribution in [2.45, 2.75) is 6.04 Å². The SMILES string of the molecule is ClCC1COCCN1c1ncnc2ccccc12. The number of halogens is 1. The number of morpholine rings is 1. The third kappa shape index (κ3) is 2.02. The Balaban J connectivity index is 2.07. The Labute approximate surface area is 111 Å². The maximum Gasteiger partial charge on any atom is 0.140 e. The second kappa shape index (κ2) is 5.08. The highest BCUT2D eigenvalue weighted by Crippen LogP contribution is 2.25. The van der Waals surface area contributed by atoms with Crippen LogP contribution in [0.4, 0.5) is 5.82 Å². The normalized spacial score (nSPS) is 20.3. The van der Waals surface area contributed by atoms with Gasteiger partial charge in [-0.2, -0.15) is 0 Å². The minimum Gasteiger partial charge on any atom is -0.377 e. The van der Waals surface area contributed by atoms with Crippen molar-refractivity contribution in [1.82, 2.24) is 9.97 Å². The van der Waals surface area contributed by atoms with Crippen LogP contribution in [0.2, 0.25) is 0 Å². The van der Waals surface area contributed by atoms with Crippen LogP contribution in [-0.4, -0.2) is 41.6 Å². The van der Waals surface area contributed by atoms with Crippen molar-refractivity contribution >= 4 is 28.3 Å². The Bertz CT molecular complexity index is 543. The molecule has 1 saturated heterocycles. The van der Waals surface area contributed by atoms with Crippen molar-refractivity contribution in [3.05, 3.63) is 30.6 Å². The zero-order chi connectivity index (χ0) is 12.4. The van der Waals surface area contributed by atoms with E-state index >= 15 is 0 Å². The molecule has 5 heteroatoms. The van der Waals surface area contributed by atoms with E-state index in [2.05, 4.69) is 14.9 Å². The smallest absolute Gasteiger partial charge is 0.140 e. The van der Waals surface area contributed by atoms with Crippen molar-refractivity contribution < 1.29 is 4.74 Å². The molecule has 1 atom stereocenters. The van der Waals surface area contributed by atoms with Gasteiger partial charge in [0.25, 0.3) is 0 Å². The van der Waals surface area contributed by atoms with E-state index in [0.29, 0.717) is 19.1 Å². The number of aromatic nitrogens is 2. The molecule has 0 aliphatic carbocycles. The minimum atomic E-state index is 0.179. The molecule has 2 heterocycles. The van der Waals surface area contributed by atoms with Gasteiger partial charge in [-0.3, -0.25) is 0 Å². The van der Waals surface area contributed by atoms with Gasteiger partial charge in [0.2, 0.25) is 0 Å². The van der Waals surface area contributed by atoms with E-state index in [-0.39, 0.29) is 6.04 Å². The number of para-hydroxylation sites is 1. The van der Waals surface area contributed by atoms with E-state index in [9.17, 15) is 0 Å². The van der Waals surface area contributed by atoms with Crippen LogP contribution in [0, 0.1) is 0 Å². The maximum absolute atomic E-state index is 6.01. The maximum atomic E-state index is 6.01. The zero-order valence-corrected chi connectivity index (χ0v) is 10.7. The predicted molar refractivity (Wildman–Crippen MR) is 72.2 cm³/mol. The summed E-state index contributed by atoms with van der Waals surface area (Å²) in [7, 11) is 0. The molecular formula is C13H14ClN3O. The minimum absolute atomic E-state index is 0.179. The molecule has 0 bridgehead atoms. The first-order valence-electron chi connectivity index (χ1n) is 6.00. The Morgan fingerprint density at radius 2 is 2.22 bits per heavy atom. The highest BCUT2D eigenvalue weighted by atomic mass is 35.5. The molecule has 0 saturated carbocycles. The van der Waals surface area contributed by atoms with Crippen LogP contribution in [-0.2, 0) is 4.74 Å². The molecular weight excluding hydrogens is 250 g/mol. The lowest BCUT2D eigenvalue weighted by atomic mass is 10.2. The van der Waals surface area contributed by atoms with Gasteiger partial charge in [0.05, 0.1) is 24.8 Å². The number of benzene rings is 1. The van der Waals surface area contributed by atoms with Gasteiger partial charge in [-0.15, -0.1) is 11.6 Å². The second-order valence-electron chi connectivity index (χ2n) is 4.29. The van der Waals surface area contributed by atoms with Crippen LogP contribution >= 0.6 is 11.6 Å². The Morgan fingerprint density at radius 1 is 1.33 bits per heavy atom. The van der Waals surface area contributed by atoms with Gasteiger partial charge in [-0.25, -0.2) is 9.97 Å². The van der Waals surface area contributed by atoms with Gasteiger partial charge in [0, 0.05) is 17.8 Å². The Morgan fingerprint density at radius 3 is 3.11 bits per heavy atom. The number of fused-ring (bicyclic) bond motifs is 1. The zero-order valence-electron chi connectivity index (χ0n) is 9.92. The van der Waals surface area contributed by atoms with Crippen molar-refractivity contribution in [3.8, 4) is 0 Å². The second-order valence-corrected chi connectivity index (χ2v) is 4.60. The standard InChI is InChI=1S/C13H14ClN3O/c14-7-10-8-18-6-5-17(10)13-11-3-1-2-4-12(11)15-9-16-13/h1-4,9-10H,5-8H2. The number of hydrogen-bond acceptors (Lipinski definition) is 4. The summed E-state index contributed by atoms with van der Waals surface area (Å²) in [5.41, 5.74) is 0.960. The molecule has 1 aliphatic rings. The monoisotopic (exact) mass is 263 g/mol. The number of nitrogens with zero attached hydrogens (tertiary/aromatic N) is 3. The van der Waals surface area contributed by atoms with E-state index in [1.165, 1.54) is 0 Å². The molecule has 1 aliphatic heterocycles. The van der Waals surface area contributed by atoms with E-state index in [1.54, 1.807) is 6.33 Å². The van der Waals surface area contributed by atoms with Crippen LogP contribution in [0.3, 0.4) is 0 Å². The summed E-state index contributed by atoms with van der Waals surface area (Å²) in [5, 5.41) is 1.07. The number of alkyl halides is 1. The lowest BCUT2D eigenvalue weighted by Gasteiger charge is -2.35. The predicted octanol–water partition coefficient (Wildman–Crippen LogP) is 2.07. The lowest BCUT2D eigenvalue weighted by Crippen LogP contribution is -2.47. The molecule has 1 aromatic heterocycles. The first kappa shape index (κ1) is 11.7. The number of hydrogen-bond donors (Lipinski definition) is 0. The third-order valence-electron chi connectivity index (χ3n) is 3.20. The fourth-order valence-electron chi connectivity index (χ4n) is 2.28. The van der Waals surface area contributed by atoms with E-state index in [1.807, 2.05) is 24.3 Å². The number of anilines is 1. The Hall–Kier alpha value is -1.39. The van der Waals surface area contributed by atoms with Gasteiger partial charge in [0.1, 0.15) is 12.1 Å². The van der Waals surface area contributed by atoms with Crippen LogP contribution in [0.25, 0.3) is 10.9 Å². The first-order chi connectivity index (χ1) is 8.90. The fourth-order valence-corrected chi connectivity index (χ4v) is 2.54. The van der Waals surface area contributed by atoms with Crippen LogP contribution < -0.4 is 4.90 Å². The largest absolute Gasteiger partial charge is 0.377 e. The average Bonchev–Trinajstić information content (AvgIpc) is 2.46. The first-order valence-corrected chi connectivity index (χ1v) is 6.53. The molecule has 0 amide bonds. The third-order valence-corrected chi connectivity index (χ3v) is 3.56. The summed E-state index contributed by atoms with van der Waals surface area (Å²) in [4.78, 5) is 10.9. The molecule has 1 aromatic carbocycles. The van der Waals surface area contributed by atoms with Gasteiger partial charge in [-0.05, 0) is 12.1 Å². The molecule has 0 N–H and O–H groups in total. The van der Waals surface area contributed by atoms with Gasteiger partial charge in [0.15, 0.2) is 0 Å². The summed E-state index contributed by atoms with van der Waals surface area (Å²) in [6.45, 7) is 2.19. The topological polar surface area (TPSA) is 38.2 Å². The van der Waals surface area contributed by atoms with Gasteiger partial charge >= 0.3 is 0 Å². The summed E-state index contributed by atoms with van der Waals surface area (Å²) in [6.07, 6.45) is 1.61. The number of rotatable bonds is 2. The van der Waals surface area contributed by atoms with Crippen molar-refractivity contribution in [3.63, 3.8) is 0 Å². The van der Waals surface area contributed by atoms with Gasteiger partial charge < -0.3 is 9.64 Å². The molecule has 4 nitrogen and oxygen atoms in total. The van der Waals surface area contributed by atoms with E-state index < -0.39 is 0 Å². The van der Waals surface area contributed by atoms with Crippen LogP contribution in [0.5, 0.6) is 0 Å². The molecule has 0 spiro atoms. The molecule has 1 unspecified atom stereocenters. The lowest BCUT2D eigenvalue weighted by molar-refractivity contribution is 0.0995. The summed E-state index contributed by atoms with van der Waals surface area (Å²) in [5.74, 6) is 1.49. The number of ether oxygens (including phenoxy) is 1. The van der Waals surface area contributed by atoms with Crippen molar-refractivity contribution in [2.24, 2.45) is 0 Å². The summed E-state index contributed by atoms with van der Waals surface area (Å²) >= 11 is 6.01. The molecule has 0 radical (unpaired) electrons. The highest BCUT2D eigenvalue weighted by Gasteiger charge is 2.24. The molecule has 18 heavy (non-hydrogen) atoms. The fraction of sp³-hybridized carbons (Fsp3) is 0.385. The summed E-state index contributed by atoms with van der Waals surface area (Å²) < 4.78 is 5.47. The van der Waals surface area contributed by atoms with Crippen molar-refractivity contribution in [1.29, 1.82) is 0 Å². The van der Waals surface area contributed by atoms with Crippen LogP contribution in [0.15, 0.2) is 30.6 Å². The summed E-state index contributed by atoms with van der Waals surface area (Å²) in [6, 6.07) is 8.21. The average molecular weight is 264 g/mol. The quantitative estimate of drug-likeness (QED) is 0.778. The highest BCUT2D eigenvalue weighted by molar-refractivity contribution is 6.18. The van der Waals surface area contributed by atoms with Gasteiger partial charge in [-0.1, -0.05) is 12.1 Å². The molecule has 1 fully saturated rings. The van der Waals surface area contributed by atoms with Crippen molar-refractivity contribution in [2.75, 3.05) is 30.5 Å².